The van der Waals surface area contributed by atoms with Crippen LogP contribution in [0.15, 0.2) is 71.6 Å². The number of aromatic nitrogens is 4. The van der Waals surface area contributed by atoms with E-state index in [4.69, 9.17) is 0 Å². The molecule has 3 heterocycles. The van der Waals surface area contributed by atoms with Gasteiger partial charge in [-0.1, -0.05) is 48.5 Å². The molecular formula is C28H28N6O2S. The summed E-state index contributed by atoms with van der Waals surface area (Å²) in [4.78, 5) is 10.2. The molecule has 2 N–H and O–H groups in total. The molecule has 0 unspecified atom stereocenters. The Morgan fingerprint density at radius 3 is 2.49 bits per heavy atom. The number of hydrogen-bond acceptors (Lipinski definition) is 6. The van der Waals surface area contributed by atoms with Gasteiger partial charge in [-0.3, -0.25) is 0 Å². The molecule has 1 aliphatic rings. The minimum absolute atomic E-state index is 0.0634. The Labute approximate surface area is 215 Å². The van der Waals surface area contributed by atoms with Crippen molar-refractivity contribution in [3.8, 4) is 11.3 Å². The summed E-state index contributed by atoms with van der Waals surface area (Å²) >= 11 is 0. The minimum Gasteiger partial charge on any atom is -0.355 e. The Hall–Kier alpha value is -3.82. The second kappa shape index (κ2) is 9.57. The van der Waals surface area contributed by atoms with Crippen LogP contribution >= 0.6 is 0 Å². The average Bonchev–Trinajstić information content (AvgIpc) is 3.35. The van der Waals surface area contributed by atoms with Crippen LogP contribution in [-0.4, -0.2) is 41.7 Å². The largest absolute Gasteiger partial charge is 0.355 e. The number of H-pyrrole nitrogens is 1. The molecule has 0 amide bonds. The molecule has 37 heavy (non-hydrogen) atoms. The van der Waals surface area contributed by atoms with Crippen LogP contribution in [-0.2, 0) is 16.6 Å². The van der Waals surface area contributed by atoms with E-state index in [1.54, 1.807) is 13.0 Å². The summed E-state index contributed by atoms with van der Waals surface area (Å²) in [5.74, 6) is 1.45. The highest BCUT2D eigenvalue weighted by atomic mass is 32.2. The van der Waals surface area contributed by atoms with Crippen LogP contribution in [0, 0.1) is 6.92 Å². The van der Waals surface area contributed by atoms with Crippen molar-refractivity contribution in [3.05, 3.63) is 78.1 Å². The molecule has 188 valence electrons. The first-order valence-corrected chi connectivity index (χ1v) is 14.0. The van der Waals surface area contributed by atoms with Gasteiger partial charge in [-0.2, -0.15) is 0 Å². The van der Waals surface area contributed by atoms with Gasteiger partial charge in [-0.05, 0) is 49.9 Å². The summed E-state index contributed by atoms with van der Waals surface area (Å²) in [6, 6.07) is 21.1. The van der Waals surface area contributed by atoms with Crippen LogP contribution in [0.4, 0.5) is 5.82 Å². The van der Waals surface area contributed by atoms with Crippen molar-refractivity contribution in [2.24, 2.45) is 0 Å². The zero-order valence-corrected chi connectivity index (χ0v) is 21.4. The lowest BCUT2D eigenvalue weighted by atomic mass is 10.0. The van der Waals surface area contributed by atoms with E-state index in [2.05, 4.69) is 35.9 Å². The zero-order valence-electron chi connectivity index (χ0n) is 20.6. The van der Waals surface area contributed by atoms with Crippen LogP contribution < -0.4 is 9.62 Å². The van der Waals surface area contributed by atoms with Gasteiger partial charge >= 0.3 is 0 Å². The van der Waals surface area contributed by atoms with Gasteiger partial charge in [0, 0.05) is 29.4 Å². The molecule has 0 radical (unpaired) electrons. The number of anilines is 1. The standard InChI is InChI=1S/C28H28N6O2S/c1-19-13-14-20(17-25(19)37(35,36)29-18-26-30-23-11-5-6-12-24(23)31-26)27-21-9-3-4-10-22(21)28(33-32-27)34-15-7-2-8-16-34/h3-6,9-14,17,29H,2,7-8,15-16,18H2,1H3,(H,30,31). The van der Waals surface area contributed by atoms with E-state index in [0.717, 1.165) is 53.6 Å². The number of nitrogens with one attached hydrogen (secondary N) is 2. The van der Waals surface area contributed by atoms with Crippen LogP contribution in [0.1, 0.15) is 30.7 Å². The van der Waals surface area contributed by atoms with Gasteiger partial charge in [0.25, 0.3) is 0 Å². The number of benzene rings is 3. The Morgan fingerprint density at radius 2 is 1.68 bits per heavy atom. The van der Waals surface area contributed by atoms with Gasteiger partial charge in [0.2, 0.25) is 10.0 Å². The van der Waals surface area contributed by atoms with Crippen molar-refractivity contribution in [2.75, 3.05) is 18.0 Å². The molecule has 1 saturated heterocycles. The average molecular weight is 513 g/mol. The summed E-state index contributed by atoms with van der Waals surface area (Å²) in [5, 5.41) is 11.2. The number of hydrogen-bond donors (Lipinski definition) is 2. The van der Waals surface area contributed by atoms with E-state index in [9.17, 15) is 8.42 Å². The number of sulfonamides is 1. The molecule has 6 rings (SSSR count). The zero-order chi connectivity index (χ0) is 25.4. The van der Waals surface area contributed by atoms with Gasteiger partial charge in [-0.15, -0.1) is 10.2 Å². The first-order chi connectivity index (χ1) is 18.0. The number of nitrogens with zero attached hydrogens (tertiary/aromatic N) is 4. The van der Waals surface area contributed by atoms with Crippen molar-refractivity contribution in [2.45, 2.75) is 37.6 Å². The number of imidazole rings is 1. The lowest BCUT2D eigenvalue weighted by Crippen LogP contribution is -2.30. The second-order valence-corrected chi connectivity index (χ2v) is 11.2. The van der Waals surface area contributed by atoms with E-state index < -0.39 is 10.0 Å². The fourth-order valence-electron chi connectivity index (χ4n) is 5.01. The highest BCUT2D eigenvalue weighted by Crippen LogP contribution is 2.33. The first-order valence-electron chi connectivity index (χ1n) is 12.5. The molecule has 0 saturated carbocycles. The maximum atomic E-state index is 13.4. The fraction of sp³-hybridized carbons (Fsp3) is 0.250. The van der Waals surface area contributed by atoms with Crippen molar-refractivity contribution in [1.29, 1.82) is 0 Å². The number of aromatic amines is 1. The molecule has 5 aromatic rings. The molecule has 9 heteroatoms. The molecule has 1 fully saturated rings. The number of aryl methyl sites for hydroxylation is 1. The number of para-hydroxylation sites is 2. The van der Waals surface area contributed by atoms with Gasteiger partial charge in [-0.25, -0.2) is 18.1 Å². The van der Waals surface area contributed by atoms with Gasteiger partial charge in [0.15, 0.2) is 5.82 Å². The molecule has 0 spiro atoms. The Balaban J connectivity index is 1.34. The summed E-state index contributed by atoms with van der Waals surface area (Å²) in [6.45, 7) is 3.81. The lowest BCUT2D eigenvalue weighted by Gasteiger charge is -2.28. The predicted molar refractivity (Wildman–Crippen MR) is 146 cm³/mol. The third kappa shape index (κ3) is 4.56. The monoisotopic (exact) mass is 512 g/mol. The van der Waals surface area contributed by atoms with Crippen LogP contribution in [0.25, 0.3) is 33.1 Å². The Morgan fingerprint density at radius 1 is 0.919 bits per heavy atom. The SMILES string of the molecule is Cc1ccc(-c2nnc(N3CCCCC3)c3ccccc23)cc1S(=O)(=O)NCc1nc2ccccc2[nH]1. The summed E-state index contributed by atoms with van der Waals surface area (Å²) < 4.78 is 29.4. The fourth-order valence-corrected chi connectivity index (χ4v) is 6.27. The highest BCUT2D eigenvalue weighted by Gasteiger charge is 2.21. The molecule has 8 nitrogen and oxygen atoms in total. The summed E-state index contributed by atoms with van der Waals surface area (Å²) in [5.41, 5.74) is 3.71. The topological polar surface area (TPSA) is 104 Å². The molecule has 0 aliphatic carbocycles. The van der Waals surface area contributed by atoms with Crippen molar-refractivity contribution in [3.63, 3.8) is 0 Å². The maximum Gasteiger partial charge on any atom is 0.241 e. The van der Waals surface area contributed by atoms with Crippen molar-refractivity contribution >= 4 is 37.6 Å². The molecule has 3 aromatic carbocycles. The Bertz CT molecular complexity index is 1670. The van der Waals surface area contributed by atoms with E-state index in [-0.39, 0.29) is 11.4 Å². The highest BCUT2D eigenvalue weighted by molar-refractivity contribution is 7.89. The van der Waals surface area contributed by atoms with Crippen molar-refractivity contribution < 1.29 is 8.42 Å². The maximum absolute atomic E-state index is 13.4. The first kappa shape index (κ1) is 23.6. The van der Waals surface area contributed by atoms with Crippen LogP contribution in [0.3, 0.4) is 0 Å². The van der Waals surface area contributed by atoms with Crippen LogP contribution in [0.2, 0.25) is 0 Å². The molecule has 2 aromatic heterocycles. The van der Waals surface area contributed by atoms with E-state index in [1.165, 1.54) is 6.42 Å². The molecule has 0 bridgehead atoms. The quantitative estimate of drug-likeness (QED) is 0.334. The van der Waals surface area contributed by atoms with Gasteiger partial charge in [0.1, 0.15) is 11.5 Å². The Kier molecular flexibility index (Phi) is 6.10. The molecule has 0 atom stereocenters. The van der Waals surface area contributed by atoms with Gasteiger partial charge in [0.05, 0.1) is 22.5 Å². The third-order valence-corrected chi connectivity index (χ3v) is 8.49. The number of piperidine rings is 1. The number of fused-ring (bicyclic) bond motifs is 2. The number of rotatable bonds is 6. The lowest BCUT2D eigenvalue weighted by molar-refractivity contribution is 0.573. The van der Waals surface area contributed by atoms with E-state index >= 15 is 0 Å². The van der Waals surface area contributed by atoms with Crippen LogP contribution in [0.5, 0.6) is 0 Å². The van der Waals surface area contributed by atoms with Crippen molar-refractivity contribution in [1.82, 2.24) is 24.9 Å². The predicted octanol–water partition coefficient (Wildman–Crippen LogP) is 4.95. The summed E-state index contributed by atoms with van der Waals surface area (Å²) in [6.07, 6.45) is 3.54. The van der Waals surface area contributed by atoms with E-state index in [0.29, 0.717) is 22.6 Å². The van der Waals surface area contributed by atoms with Gasteiger partial charge < -0.3 is 9.88 Å². The normalized spacial score (nSPS) is 14.5. The van der Waals surface area contributed by atoms with E-state index in [1.807, 2.05) is 54.6 Å². The summed E-state index contributed by atoms with van der Waals surface area (Å²) in [7, 11) is -3.80. The second-order valence-electron chi connectivity index (χ2n) is 9.47. The smallest absolute Gasteiger partial charge is 0.241 e. The molecular weight excluding hydrogens is 484 g/mol. The molecule has 1 aliphatic heterocycles. The third-order valence-electron chi connectivity index (χ3n) is 6.94. The minimum atomic E-state index is -3.80.